The fraction of sp³-hybridized carbons (Fsp3) is 0.391. The number of aryl methyl sites for hydroxylation is 2. The maximum atomic E-state index is 13.3. The van der Waals surface area contributed by atoms with Crippen molar-refractivity contribution < 1.29 is 17.6 Å². The molecular formula is C23H28FN3O3S. The molecule has 1 heterocycles. The summed E-state index contributed by atoms with van der Waals surface area (Å²) in [5, 5.41) is 2.77. The van der Waals surface area contributed by atoms with Gasteiger partial charge in [0.15, 0.2) is 0 Å². The molecule has 1 saturated heterocycles. The van der Waals surface area contributed by atoms with Crippen molar-refractivity contribution in [3.63, 3.8) is 0 Å². The Balaban J connectivity index is 1.77. The normalized spacial score (nSPS) is 16.4. The van der Waals surface area contributed by atoms with Gasteiger partial charge in [-0.15, -0.1) is 0 Å². The predicted octanol–water partition coefficient (Wildman–Crippen LogP) is 4.19. The lowest BCUT2D eigenvalue weighted by atomic mass is 9.93. The molecule has 0 spiro atoms. The number of carbonyl (C=O) groups excluding carboxylic acids is 1. The van der Waals surface area contributed by atoms with Crippen LogP contribution in [0, 0.1) is 25.6 Å². The van der Waals surface area contributed by atoms with Crippen LogP contribution in [-0.4, -0.2) is 45.1 Å². The lowest BCUT2D eigenvalue weighted by molar-refractivity contribution is 0.102. The first-order chi connectivity index (χ1) is 14.6. The van der Waals surface area contributed by atoms with Crippen molar-refractivity contribution in [2.45, 2.75) is 38.5 Å². The maximum Gasteiger partial charge on any atom is 0.282 e. The van der Waals surface area contributed by atoms with Crippen LogP contribution in [0.5, 0.6) is 0 Å². The van der Waals surface area contributed by atoms with E-state index in [0.29, 0.717) is 28.1 Å². The first-order valence-electron chi connectivity index (χ1n) is 10.2. The van der Waals surface area contributed by atoms with Crippen molar-refractivity contribution in [3.8, 4) is 0 Å². The summed E-state index contributed by atoms with van der Waals surface area (Å²) in [6, 6.07) is 8.46. The predicted molar refractivity (Wildman–Crippen MR) is 121 cm³/mol. The molecule has 0 saturated carbocycles. The van der Waals surface area contributed by atoms with Crippen LogP contribution in [0.4, 0.5) is 10.1 Å². The van der Waals surface area contributed by atoms with Crippen LogP contribution in [0.25, 0.3) is 0 Å². The lowest BCUT2D eigenvalue weighted by Crippen LogP contribution is -2.33. The number of nitrogens with one attached hydrogen (secondary N) is 1. The molecular weight excluding hydrogens is 417 g/mol. The summed E-state index contributed by atoms with van der Waals surface area (Å²) in [7, 11) is -1.78. The Morgan fingerprint density at radius 2 is 1.77 bits per heavy atom. The Labute approximate surface area is 183 Å². The molecule has 0 bridgehead atoms. The fourth-order valence-corrected chi connectivity index (χ4v) is 4.95. The van der Waals surface area contributed by atoms with Gasteiger partial charge in [0.1, 0.15) is 5.82 Å². The van der Waals surface area contributed by atoms with Crippen LogP contribution in [-0.2, 0) is 10.0 Å². The average Bonchev–Trinajstić information content (AvgIpc) is 2.69. The van der Waals surface area contributed by atoms with Crippen molar-refractivity contribution in [2.75, 3.05) is 25.5 Å². The second-order valence-electron chi connectivity index (χ2n) is 8.18. The molecule has 0 atom stereocenters. The van der Waals surface area contributed by atoms with Gasteiger partial charge in [-0.1, -0.05) is 0 Å². The molecule has 2 aromatic carbocycles. The van der Waals surface area contributed by atoms with E-state index in [2.05, 4.69) is 21.7 Å². The standard InChI is InChI=1S/C23H28FN3O3S/c1-15-13-19(24)5-7-21(15)23(28)25-22-8-6-20(14-16(22)2)31(29,30)26-17(3)18-9-11-27(4)12-10-18/h5-8,13-14,18H,9-12H2,1-4H3,(H,25,28). The number of hydrogen-bond donors (Lipinski definition) is 1. The molecule has 0 unspecified atom stereocenters. The number of halogens is 1. The van der Waals surface area contributed by atoms with E-state index in [-0.39, 0.29) is 16.7 Å². The first-order valence-corrected chi connectivity index (χ1v) is 11.7. The molecule has 0 radical (unpaired) electrons. The summed E-state index contributed by atoms with van der Waals surface area (Å²) < 4.78 is 43.0. The van der Waals surface area contributed by atoms with Gasteiger partial charge in [-0.05, 0) is 101 Å². The summed E-state index contributed by atoms with van der Waals surface area (Å²) in [5.41, 5.74) is 2.60. The summed E-state index contributed by atoms with van der Waals surface area (Å²) in [4.78, 5) is 14.9. The number of hydrogen-bond acceptors (Lipinski definition) is 4. The third-order valence-corrected chi connectivity index (χ3v) is 7.13. The smallest absolute Gasteiger partial charge is 0.282 e. The number of amides is 1. The first kappa shape index (κ1) is 23.1. The van der Waals surface area contributed by atoms with E-state index < -0.39 is 15.8 Å². The molecule has 1 fully saturated rings. The largest absolute Gasteiger partial charge is 0.322 e. The average molecular weight is 446 g/mol. The number of likely N-dealkylation sites (tertiary alicyclic amines) is 1. The van der Waals surface area contributed by atoms with Crippen LogP contribution >= 0.6 is 0 Å². The summed E-state index contributed by atoms with van der Waals surface area (Å²) >= 11 is 0. The summed E-state index contributed by atoms with van der Waals surface area (Å²) in [6.45, 7) is 7.02. The fourth-order valence-electron chi connectivity index (χ4n) is 3.75. The molecule has 1 aliphatic heterocycles. The number of rotatable bonds is 5. The molecule has 6 nitrogen and oxygen atoms in total. The number of piperidine rings is 1. The highest BCUT2D eigenvalue weighted by atomic mass is 32.2. The third-order valence-electron chi connectivity index (χ3n) is 5.75. The Morgan fingerprint density at radius 1 is 1.10 bits per heavy atom. The molecule has 1 aliphatic rings. The third kappa shape index (κ3) is 5.57. The monoisotopic (exact) mass is 445 g/mol. The highest BCUT2D eigenvalue weighted by Crippen LogP contribution is 2.24. The summed E-state index contributed by atoms with van der Waals surface area (Å²) in [5.74, 6) is -0.618. The SMILES string of the molecule is CC(=NS(=O)(=O)c1ccc(NC(=O)c2ccc(F)cc2C)c(C)c1)C1CCN(C)CC1. The number of sulfonamides is 1. The van der Waals surface area contributed by atoms with Crippen molar-refractivity contribution in [1.82, 2.24) is 4.90 Å². The van der Waals surface area contributed by atoms with Crippen LogP contribution in [0.3, 0.4) is 0 Å². The van der Waals surface area contributed by atoms with E-state index in [1.54, 1.807) is 26.8 Å². The van der Waals surface area contributed by atoms with Gasteiger partial charge >= 0.3 is 0 Å². The Hall–Kier alpha value is -2.58. The lowest BCUT2D eigenvalue weighted by Gasteiger charge is -2.28. The zero-order valence-corrected chi connectivity index (χ0v) is 19.1. The van der Waals surface area contributed by atoms with E-state index in [1.807, 2.05) is 0 Å². The minimum absolute atomic E-state index is 0.0910. The van der Waals surface area contributed by atoms with Gasteiger partial charge in [-0.3, -0.25) is 4.79 Å². The van der Waals surface area contributed by atoms with Gasteiger partial charge in [0, 0.05) is 22.9 Å². The van der Waals surface area contributed by atoms with Gasteiger partial charge in [-0.25, -0.2) is 4.39 Å². The van der Waals surface area contributed by atoms with Gasteiger partial charge in [0.2, 0.25) is 0 Å². The molecule has 8 heteroatoms. The molecule has 2 aromatic rings. The number of anilines is 1. The van der Waals surface area contributed by atoms with E-state index in [0.717, 1.165) is 25.9 Å². The van der Waals surface area contributed by atoms with Gasteiger partial charge in [0.25, 0.3) is 15.9 Å². The second kappa shape index (κ2) is 9.28. The zero-order chi connectivity index (χ0) is 22.8. The minimum Gasteiger partial charge on any atom is -0.322 e. The molecule has 0 aromatic heterocycles. The number of carbonyl (C=O) groups is 1. The Bertz CT molecular complexity index is 1120. The molecule has 31 heavy (non-hydrogen) atoms. The van der Waals surface area contributed by atoms with Crippen LogP contribution in [0.2, 0.25) is 0 Å². The Morgan fingerprint density at radius 3 is 2.39 bits per heavy atom. The Kier molecular flexibility index (Phi) is 6.91. The second-order valence-corrected chi connectivity index (χ2v) is 9.78. The quantitative estimate of drug-likeness (QED) is 0.700. The molecule has 0 aliphatic carbocycles. The highest BCUT2D eigenvalue weighted by molar-refractivity contribution is 7.90. The molecule has 1 amide bonds. The van der Waals surface area contributed by atoms with E-state index in [9.17, 15) is 17.6 Å². The topological polar surface area (TPSA) is 78.8 Å². The molecule has 166 valence electrons. The number of nitrogens with zero attached hydrogens (tertiary/aromatic N) is 2. The molecule has 1 N–H and O–H groups in total. The summed E-state index contributed by atoms with van der Waals surface area (Å²) in [6.07, 6.45) is 1.79. The van der Waals surface area contributed by atoms with Crippen molar-refractivity contribution >= 4 is 27.3 Å². The van der Waals surface area contributed by atoms with Crippen molar-refractivity contribution in [3.05, 3.63) is 58.9 Å². The van der Waals surface area contributed by atoms with E-state index in [4.69, 9.17) is 0 Å². The number of benzene rings is 2. The molecule has 3 rings (SSSR count). The van der Waals surface area contributed by atoms with Gasteiger partial charge in [0.05, 0.1) is 4.90 Å². The van der Waals surface area contributed by atoms with Gasteiger partial charge in [-0.2, -0.15) is 12.8 Å². The van der Waals surface area contributed by atoms with E-state index in [1.165, 1.54) is 30.3 Å². The maximum absolute atomic E-state index is 13.3. The minimum atomic E-state index is -3.83. The van der Waals surface area contributed by atoms with Crippen LogP contribution in [0.15, 0.2) is 45.7 Å². The highest BCUT2D eigenvalue weighted by Gasteiger charge is 2.22. The zero-order valence-electron chi connectivity index (χ0n) is 18.3. The van der Waals surface area contributed by atoms with Crippen LogP contribution < -0.4 is 5.32 Å². The van der Waals surface area contributed by atoms with Crippen molar-refractivity contribution in [2.24, 2.45) is 10.3 Å². The van der Waals surface area contributed by atoms with Crippen molar-refractivity contribution in [1.29, 1.82) is 0 Å². The van der Waals surface area contributed by atoms with Gasteiger partial charge < -0.3 is 10.2 Å². The van der Waals surface area contributed by atoms with E-state index >= 15 is 0 Å². The van der Waals surface area contributed by atoms with Crippen LogP contribution in [0.1, 0.15) is 41.3 Å².